The summed E-state index contributed by atoms with van der Waals surface area (Å²) in [6, 6.07) is 0. The summed E-state index contributed by atoms with van der Waals surface area (Å²) < 4.78 is 0. The zero-order chi connectivity index (χ0) is 13.6. The van der Waals surface area contributed by atoms with Gasteiger partial charge in [-0.2, -0.15) is 0 Å². The van der Waals surface area contributed by atoms with Crippen molar-refractivity contribution < 1.29 is 5.11 Å². The minimum atomic E-state index is -0.349. The molecule has 1 N–H and O–H groups in total. The number of rotatable bonds is 13. The summed E-state index contributed by atoms with van der Waals surface area (Å²) in [6.07, 6.45) is 15.4. The molecule has 0 heterocycles. The Morgan fingerprint density at radius 3 is 1.61 bits per heavy atom. The lowest BCUT2D eigenvalue weighted by Gasteiger charge is -2.08. The molecule has 1 atom stereocenters. The van der Waals surface area contributed by atoms with Crippen molar-refractivity contribution in [1.82, 2.24) is 0 Å². The Labute approximate surface area is 119 Å². The Hall–Kier alpha value is 0.0500. The molecule has 0 rings (SSSR count). The van der Waals surface area contributed by atoms with E-state index < -0.39 is 0 Å². The maximum absolute atomic E-state index is 9.53. The molecule has 2 heteroatoms. The fourth-order valence-electron chi connectivity index (χ4n) is 2.21. The molecule has 0 amide bonds. The van der Waals surface area contributed by atoms with Crippen LogP contribution in [0.4, 0.5) is 0 Å². The minimum Gasteiger partial charge on any atom is -0.388 e. The van der Waals surface area contributed by atoms with E-state index in [1.54, 1.807) is 0 Å². The van der Waals surface area contributed by atoms with E-state index in [1.165, 1.54) is 64.2 Å². The summed E-state index contributed by atoms with van der Waals surface area (Å²) in [7, 11) is 0. The van der Waals surface area contributed by atoms with Crippen LogP contribution in [0.15, 0.2) is 0 Å². The van der Waals surface area contributed by atoms with Crippen LogP contribution in [-0.2, 0) is 0 Å². The largest absolute Gasteiger partial charge is 0.388 e. The summed E-state index contributed by atoms with van der Waals surface area (Å²) in [5.74, 6) is 0. The van der Waals surface area contributed by atoms with Crippen molar-refractivity contribution >= 4 is 17.1 Å². The molecule has 0 fully saturated rings. The molecule has 0 aliphatic rings. The van der Waals surface area contributed by atoms with Crippen LogP contribution in [0, 0.1) is 0 Å². The highest BCUT2D eigenvalue weighted by Gasteiger charge is 2.04. The van der Waals surface area contributed by atoms with Crippen LogP contribution in [0.2, 0.25) is 0 Å². The first kappa shape index (κ1) is 18.0. The fourth-order valence-corrected chi connectivity index (χ4v) is 2.32. The van der Waals surface area contributed by atoms with E-state index in [-0.39, 0.29) is 6.10 Å². The van der Waals surface area contributed by atoms with Crippen LogP contribution in [0.25, 0.3) is 0 Å². The number of hydrogen-bond donors (Lipinski definition) is 1. The Balaban J connectivity index is 3.05. The van der Waals surface area contributed by atoms with Crippen LogP contribution < -0.4 is 0 Å². The van der Waals surface area contributed by atoms with E-state index in [4.69, 9.17) is 12.2 Å². The maximum atomic E-state index is 9.53. The SMILES string of the molecule is CCCCCCCCCCCCCC(O)C(C)=S. The summed E-state index contributed by atoms with van der Waals surface area (Å²) >= 11 is 4.95. The van der Waals surface area contributed by atoms with Crippen LogP contribution in [0.3, 0.4) is 0 Å². The van der Waals surface area contributed by atoms with Gasteiger partial charge in [-0.05, 0) is 13.3 Å². The minimum absolute atomic E-state index is 0.349. The summed E-state index contributed by atoms with van der Waals surface area (Å²) in [6.45, 7) is 4.10. The number of aliphatic hydroxyl groups excluding tert-OH is 1. The topological polar surface area (TPSA) is 20.2 Å². The van der Waals surface area contributed by atoms with Gasteiger partial charge in [0.25, 0.3) is 0 Å². The zero-order valence-corrected chi connectivity index (χ0v) is 13.2. The third-order valence-electron chi connectivity index (χ3n) is 3.55. The molecule has 0 spiro atoms. The lowest BCUT2D eigenvalue weighted by atomic mass is 10.0. The van der Waals surface area contributed by atoms with E-state index in [1.807, 2.05) is 6.92 Å². The average molecular weight is 272 g/mol. The molecular weight excluding hydrogens is 240 g/mol. The molecule has 1 nitrogen and oxygen atoms in total. The lowest BCUT2D eigenvalue weighted by Crippen LogP contribution is -2.14. The molecule has 0 radical (unpaired) electrons. The molecule has 0 aromatic rings. The van der Waals surface area contributed by atoms with Crippen molar-refractivity contribution in [3.63, 3.8) is 0 Å². The van der Waals surface area contributed by atoms with Gasteiger partial charge in [-0.15, -0.1) is 0 Å². The van der Waals surface area contributed by atoms with Crippen LogP contribution in [0.1, 0.15) is 90.9 Å². The fraction of sp³-hybridized carbons (Fsp3) is 0.938. The smallest absolute Gasteiger partial charge is 0.0849 e. The zero-order valence-electron chi connectivity index (χ0n) is 12.4. The van der Waals surface area contributed by atoms with Crippen molar-refractivity contribution in [2.24, 2.45) is 0 Å². The molecule has 0 aliphatic heterocycles. The predicted molar refractivity (Wildman–Crippen MR) is 85.4 cm³/mol. The van der Waals surface area contributed by atoms with E-state index >= 15 is 0 Å². The summed E-state index contributed by atoms with van der Waals surface area (Å²) in [5.41, 5.74) is 0. The monoisotopic (exact) mass is 272 g/mol. The van der Waals surface area contributed by atoms with Gasteiger partial charge in [-0.3, -0.25) is 0 Å². The van der Waals surface area contributed by atoms with Crippen molar-refractivity contribution in [2.75, 3.05) is 0 Å². The number of unbranched alkanes of at least 4 members (excludes halogenated alkanes) is 10. The highest BCUT2D eigenvalue weighted by atomic mass is 32.1. The van der Waals surface area contributed by atoms with Crippen molar-refractivity contribution in [2.45, 2.75) is 97.0 Å². The third kappa shape index (κ3) is 12.5. The molecule has 1 unspecified atom stereocenters. The molecule has 18 heavy (non-hydrogen) atoms. The molecule has 0 aromatic heterocycles. The molecule has 0 aromatic carbocycles. The standard InChI is InChI=1S/C16H32OS/c1-3-4-5-6-7-8-9-10-11-12-13-14-16(17)15(2)18/h16-17H,3-14H2,1-2H3. The predicted octanol–water partition coefficient (Wildman–Crippen LogP) is 5.44. The second-order valence-electron chi connectivity index (χ2n) is 5.45. The Kier molecular flexibility index (Phi) is 13.5. The van der Waals surface area contributed by atoms with Gasteiger partial charge in [0.1, 0.15) is 0 Å². The molecule has 0 saturated heterocycles. The first-order valence-electron chi connectivity index (χ1n) is 7.87. The molecule has 0 bridgehead atoms. The van der Waals surface area contributed by atoms with Crippen molar-refractivity contribution in [3.05, 3.63) is 0 Å². The summed E-state index contributed by atoms with van der Waals surface area (Å²) in [4.78, 5) is 0.738. The van der Waals surface area contributed by atoms with Gasteiger partial charge in [-0.1, -0.05) is 89.8 Å². The van der Waals surface area contributed by atoms with E-state index in [9.17, 15) is 5.11 Å². The normalized spacial score (nSPS) is 12.6. The van der Waals surface area contributed by atoms with Gasteiger partial charge in [0, 0.05) is 4.86 Å². The van der Waals surface area contributed by atoms with Crippen LogP contribution in [0.5, 0.6) is 0 Å². The molecule has 0 saturated carbocycles. The first-order chi connectivity index (χ1) is 8.68. The van der Waals surface area contributed by atoms with Gasteiger partial charge in [0.15, 0.2) is 0 Å². The second kappa shape index (κ2) is 13.5. The second-order valence-corrected chi connectivity index (χ2v) is 6.09. The van der Waals surface area contributed by atoms with Gasteiger partial charge in [0.2, 0.25) is 0 Å². The third-order valence-corrected chi connectivity index (χ3v) is 3.82. The van der Waals surface area contributed by atoms with Crippen LogP contribution in [-0.4, -0.2) is 16.1 Å². The molecule has 0 aliphatic carbocycles. The van der Waals surface area contributed by atoms with Gasteiger partial charge in [0.05, 0.1) is 6.10 Å². The number of aliphatic hydroxyl groups is 1. The van der Waals surface area contributed by atoms with Crippen molar-refractivity contribution in [3.8, 4) is 0 Å². The first-order valence-corrected chi connectivity index (χ1v) is 8.27. The van der Waals surface area contributed by atoms with Crippen LogP contribution >= 0.6 is 12.2 Å². The van der Waals surface area contributed by atoms with Gasteiger partial charge < -0.3 is 5.11 Å². The quantitative estimate of drug-likeness (QED) is 0.356. The van der Waals surface area contributed by atoms with Crippen molar-refractivity contribution in [1.29, 1.82) is 0 Å². The Bertz CT molecular complexity index is 192. The lowest BCUT2D eigenvalue weighted by molar-refractivity contribution is 0.227. The average Bonchev–Trinajstić information content (AvgIpc) is 2.35. The van der Waals surface area contributed by atoms with E-state index in [0.717, 1.165) is 17.7 Å². The maximum Gasteiger partial charge on any atom is 0.0849 e. The Morgan fingerprint density at radius 1 is 0.833 bits per heavy atom. The Morgan fingerprint density at radius 2 is 1.22 bits per heavy atom. The van der Waals surface area contributed by atoms with E-state index in [0.29, 0.717) is 0 Å². The van der Waals surface area contributed by atoms with E-state index in [2.05, 4.69) is 6.92 Å². The highest BCUT2D eigenvalue weighted by Crippen LogP contribution is 2.12. The molecular formula is C16H32OS. The highest BCUT2D eigenvalue weighted by molar-refractivity contribution is 7.80. The number of hydrogen-bond acceptors (Lipinski definition) is 2. The number of thiocarbonyl (C=S) groups is 1. The van der Waals surface area contributed by atoms with Gasteiger partial charge >= 0.3 is 0 Å². The summed E-state index contributed by atoms with van der Waals surface area (Å²) in [5, 5.41) is 9.53. The molecule has 108 valence electrons. The van der Waals surface area contributed by atoms with Gasteiger partial charge in [-0.25, -0.2) is 0 Å².